The molecule has 148 valence electrons. The highest BCUT2D eigenvalue weighted by molar-refractivity contribution is 7.80. The highest BCUT2D eigenvalue weighted by Crippen LogP contribution is 2.20. The number of nitrogens with one attached hydrogen (secondary N) is 2. The van der Waals surface area contributed by atoms with Gasteiger partial charge in [0.15, 0.2) is 5.11 Å². The molecule has 0 aliphatic heterocycles. The first kappa shape index (κ1) is 19.7. The van der Waals surface area contributed by atoms with E-state index in [1.54, 1.807) is 6.20 Å². The van der Waals surface area contributed by atoms with Crippen LogP contribution in [0, 0.1) is 0 Å². The number of anilines is 1. The number of aromatic nitrogens is 1. The highest BCUT2D eigenvalue weighted by Gasteiger charge is 2.08. The second kappa shape index (κ2) is 9.76. The Balaban J connectivity index is 1.57. The molecule has 4 aromatic rings. The highest BCUT2D eigenvalue weighted by atomic mass is 32.1. The number of hydrogen-bond donors (Lipinski definition) is 2. The molecule has 0 aliphatic carbocycles. The fraction of sp³-hybridized carbons (Fsp3) is 0.0800. The van der Waals surface area contributed by atoms with E-state index in [0.717, 1.165) is 17.1 Å². The molecule has 0 amide bonds. The van der Waals surface area contributed by atoms with E-state index in [2.05, 4.69) is 58.1 Å². The maximum Gasteiger partial charge on any atom is 0.194 e. The van der Waals surface area contributed by atoms with Gasteiger partial charge in [0, 0.05) is 31.0 Å². The van der Waals surface area contributed by atoms with Crippen LogP contribution in [0.5, 0.6) is 0 Å². The molecule has 3 aromatic carbocycles. The van der Waals surface area contributed by atoms with Crippen LogP contribution >= 0.6 is 12.2 Å². The summed E-state index contributed by atoms with van der Waals surface area (Å²) in [7, 11) is 0. The molecule has 0 saturated carbocycles. The molecule has 0 spiro atoms. The summed E-state index contributed by atoms with van der Waals surface area (Å²) in [5.74, 6) is 0.793. The van der Waals surface area contributed by atoms with Gasteiger partial charge in [-0.2, -0.15) is 0 Å². The second-order valence-electron chi connectivity index (χ2n) is 6.88. The molecule has 0 bridgehead atoms. The lowest BCUT2D eigenvalue weighted by Gasteiger charge is -2.13. The quantitative estimate of drug-likeness (QED) is 0.264. The number of pyridine rings is 1. The molecule has 0 aliphatic rings. The van der Waals surface area contributed by atoms with Crippen molar-refractivity contribution in [3.63, 3.8) is 0 Å². The van der Waals surface area contributed by atoms with Gasteiger partial charge in [0.1, 0.15) is 5.84 Å². The van der Waals surface area contributed by atoms with E-state index in [9.17, 15) is 0 Å². The summed E-state index contributed by atoms with van der Waals surface area (Å²) in [6.07, 6.45) is 4.22. The van der Waals surface area contributed by atoms with E-state index in [0.29, 0.717) is 18.1 Å². The maximum atomic E-state index is 5.50. The lowest BCUT2D eigenvalue weighted by atomic mass is 10.0. The first-order valence-corrected chi connectivity index (χ1v) is 10.2. The van der Waals surface area contributed by atoms with Crippen LogP contribution < -0.4 is 10.6 Å². The summed E-state index contributed by atoms with van der Waals surface area (Å²) in [6.45, 7) is 0.586. The summed E-state index contributed by atoms with van der Waals surface area (Å²) in [5.41, 5.74) is 3.23. The number of para-hydroxylation sites is 1. The number of thiocarbonyl (C=S) groups is 1. The van der Waals surface area contributed by atoms with Gasteiger partial charge in [0.25, 0.3) is 0 Å². The Labute approximate surface area is 181 Å². The van der Waals surface area contributed by atoms with Crippen LogP contribution in [0.1, 0.15) is 11.1 Å². The van der Waals surface area contributed by atoms with Gasteiger partial charge in [-0.25, -0.2) is 4.99 Å². The number of fused-ring (bicyclic) bond motifs is 1. The van der Waals surface area contributed by atoms with Gasteiger partial charge in [0.2, 0.25) is 0 Å². The maximum absolute atomic E-state index is 5.50. The van der Waals surface area contributed by atoms with E-state index in [4.69, 9.17) is 17.2 Å². The summed E-state index contributed by atoms with van der Waals surface area (Å²) < 4.78 is 0. The van der Waals surface area contributed by atoms with Crippen molar-refractivity contribution in [3.05, 3.63) is 108 Å². The Hall–Kier alpha value is -3.57. The zero-order valence-electron chi connectivity index (χ0n) is 16.5. The molecule has 1 aromatic heterocycles. The van der Waals surface area contributed by atoms with Crippen LogP contribution in [0.2, 0.25) is 0 Å². The molecular formula is C25H22N4S. The van der Waals surface area contributed by atoms with Gasteiger partial charge in [-0.05, 0) is 52.3 Å². The van der Waals surface area contributed by atoms with E-state index in [-0.39, 0.29) is 0 Å². The van der Waals surface area contributed by atoms with Gasteiger partial charge in [-0.15, -0.1) is 0 Å². The Kier molecular flexibility index (Phi) is 6.42. The van der Waals surface area contributed by atoms with Crippen molar-refractivity contribution in [2.75, 3.05) is 5.32 Å². The average molecular weight is 411 g/mol. The van der Waals surface area contributed by atoms with Crippen molar-refractivity contribution >= 4 is 39.6 Å². The third kappa shape index (κ3) is 5.27. The van der Waals surface area contributed by atoms with Gasteiger partial charge in [-0.3, -0.25) is 4.98 Å². The molecule has 1 heterocycles. The smallest absolute Gasteiger partial charge is 0.194 e. The predicted molar refractivity (Wildman–Crippen MR) is 129 cm³/mol. The number of hydrogen-bond acceptors (Lipinski definition) is 2. The largest absolute Gasteiger partial charge is 0.357 e. The topological polar surface area (TPSA) is 49.3 Å². The molecule has 5 heteroatoms. The Morgan fingerprint density at radius 2 is 1.67 bits per heavy atom. The van der Waals surface area contributed by atoms with E-state index >= 15 is 0 Å². The normalized spacial score (nSPS) is 11.3. The number of aliphatic imine (C=N–C) groups is 1. The third-order valence-corrected chi connectivity index (χ3v) is 4.94. The SMILES string of the molecule is S=C(/N=C(\Cc1cccc2ccccc12)Nc1ccccc1)NCc1cccnc1. The number of rotatable bonds is 5. The number of nitrogens with zero attached hydrogens (tertiary/aromatic N) is 2. The minimum atomic E-state index is 0.442. The molecule has 0 saturated heterocycles. The summed E-state index contributed by atoms with van der Waals surface area (Å²) in [5, 5.41) is 9.51. The van der Waals surface area contributed by atoms with E-state index in [1.807, 2.05) is 48.7 Å². The van der Waals surface area contributed by atoms with Gasteiger partial charge in [0.05, 0.1) is 0 Å². The molecule has 0 unspecified atom stereocenters. The van der Waals surface area contributed by atoms with Crippen LogP contribution in [0.4, 0.5) is 5.69 Å². The Morgan fingerprint density at radius 1 is 0.867 bits per heavy atom. The van der Waals surface area contributed by atoms with Crippen molar-refractivity contribution in [2.45, 2.75) is 13.0 Å². The summed E-state index contributed by atoms with van der Waals surface area (Å²) in [6, 6.07) is 28.7. The average Bonchev–Trinajstić information content (AvgIpc) is 2.79. The van der Waals surface area contributed by atoms with Crippen LogP contribution in [-0.4, -0.2) is 15.9 Å². The monoisotopic (exact) mass is 410 g/mol. The van der Waals surface area contributed by atoms with Crippen molar-refractivity contribution in [3.8, 4) is 0 Å². The second-order valence-corrected chi connectivity index (χ2v) is 7.27. The molecular weight excluding hydrogens is 388 g/mol. The molecule has 2 N–H and O–H groups in total. The molecule has 0 fully saturated rings. The molecule has 0 atom stereocenters. The minimum absolute atomic E-state index is 0.442. The molecule has 30 heavy (non-hydrogen) atoms. The number of amidine groups is 1. The van der Waals surface area contributed by atoms with Gasteiger partial charge in [-0.1, -0.05) is 66.7 Å². The fourth-order valence-electron chi connectivity index (χ4n) is 3.27. The molecule has 4 rings (SSSR count). The van der Waals surface area contributed by atoms with Crippen LogP contribution in [0.25, 0.3) is 10.8 Å². The van der Waals surface area contributed by atoms with Crippen LogP contribution in [0.15, 0.2) is 102 Å². The minimum Gasteiger partial charge on any atom is -0.357 e. The van der Waals surface area contributed by atoms with Crippen LogP contribution in [0.3, 0.4) is 0 Å². The van der Waals surface area contributed by atoms with Crippen molar-refractivity contribution < 1.29 is 0 Å². The first-order chi connectivity index (χ1) is 14.8. The summed E-state index contributed by atoms with van der Waals surface area (Å²) in [4.78, 5) is 8.83. The number of benzene rings is 3. The lowest BCUT2D eigenvalue weighted by Crippen LogP contribution is -2.24. The van der Waals surface area contributed by atoms with Crippen molar-refractivity contribution in [1.82, 2.24) is 10.3 Å². The molecule has 0 radical (unpaired) electrons. The van der Waals surface area contributed by atoms with Crippen molar-refractivity contribution in [1.29, 1.82) is 0 Å². The standard InChI is InChI=1S/C25H22N4S/c30-25(27-18-19-8-7-15-26-17-19)29-24(28-22-12-2-1-3-13-22)16-21-11-6-10-20-9-4-5-14-23(20)21/h1-15,17H,16,18H2,(H2,27,28,29,30). The van der Waals surface area contributed by atoms with E-state index in [1.165, 1.54) is 16.3 Å². The summed E-state index contributed by atoms with van der Waals surface area (Å²) >= 11 is 5.50. The Bertz CT molecular complexity index is 1150. The first-order valence-electron chi connectivity index (χ1n) is 9.81. The predicted octanol–water partition coefficient (Wildman–Crippen LogP) is 5.36. The third-order valence-electron chi connectivity index (χ3n) is 4.70. The van der Waals surface area contributed by atoms with Crippen molar-refractivity contribution in [2.24, 2.45) is 4.99 Å². The van der Waals surface area contributed by atoms with Crippen LogP contribution in [-0.2, 0) is 13.0 Å². The van der Waals surface area contributed by atoms with Gasteiger partial charge >= 0.3 is 0 Å². The lowest BCUT2D eigenvalue weighted by molar-refractivity contribution is 0.911. The molecule has 4 nitrogen and oxygen atoms in total. The zero-order chi connectivity index (χ0) is 20.6. The Morgan fingerprint density at radius 3 is 2.50 bits per heavy atom. The van der Waals surface area contributed by atoms with E-state index < -0.39 is 0 Å². The zero-order valence-corrected chi connectivity index (χ0v) is 17.3. The fourth-order valence-corrected chi connectivity index (χ4v) is 3.45. The van der Waals surface area contributed by atoms with Gasteiger partial charge < -0.3 is 10.6 Å².